The van der Waals surface area contributed by atoms with Crippen LogP contribution in [-0.4, -0.2) is 17.1 Å². The molecule has 15 heavy (non-hydrogen) atoms. The average Bonchev–Trinajstić information content (AvgIpc) is 2.27. The van der Waals surface area contributed by atoms with Crippen LogP contribution in [0.3, 0.4) is 0 Å². The lowest BCUT2D eigenvalue weighted by Gasteiger charge is -2.15. The predicted molar refractivity (Wildman–Crippen MR) is 51.3 cm³/mol. The maximum absolute atomic E-state index is 12.6. The number of benzene rings is 1. The summed E-state index contributed by atoms with van der Waals surface area (Å²) in [6, 6.07) is 9.79. The molecule has 4 heteroatoms. The Kier molecular flexibility index (Phi) is 3.75. The number of rotatable bonds is 4. The van der Waals surface area contributed by atoms with Crippen LogP contribution in [0.4, 0.5) is 8.78 Å². The molecule has 1 N–H and O–H groups in total. The fourth-order valence-corrected chi connectivity index (χ4v) is 1.20. The summed E-state index contributed by atoms with van der Waals surface area (Å²) in [6.07, 6.45) is -1.69. The number of nitriles is 1. The lowest BCUT2D eigenvalue weighted by Crippen LogP contribution is -2.32. The summed E-state index contributed by atoms with van der Waals surface area (Å²) in [5, 5.41) is 17.2. The van der Waals surface area contributed by atoms with E-state index >= 15 is 0 Å². The van der Waals surface area contributed by atoms with E-state index in [9.17, 15) is 8.78 Å². The van der Waals surface area contributed by atoms with E-state index in [2.05, 4.69) is 0 Å². The van der Waals surface area contributed by atoms with Gasteiger partial charge in [0.1, 0.15) is 12.2 Å². The van der Waals surface area contributed by atoms with E-state index in [1.54, 1.807) is 24.3 Å². The Balaban J connectivity index is 2.49. The minimum atomic E-state index is -3.66. The van der Waals surface area contributed by atoms with Crippen LogP contribution in [-0.2, 0) is 6.42 Å². The van der Waals surface area contributed by atoms with E-state index < -0.39 is 12.0 Å². The van der Waals surface area contributed by atoms with Gasteiger partial charge in [-0.2, -0.15) is 14.0 Å². The molecule has 1 atom stereocenters. The molecule has 80 valence electrons. The van der Waals surface area contributed by atoms with Crippen LogP contribution in [0.5, 0.6) is 0 Å². The Morgan fingerprint density at radius 3 is 2.47 bits per heavy atom. The van der Waals surface area contributed by atoms with Gasteiger partial charge in [0.25, 0.3) is 0 Å². The third-order valence-corrected chi connectivity index (χ3v) is 2.12. The van der Waals surface area contributed by atoms with Gasteiger partial charge in [0.05, 0.1) is 0 Å². The topological polar surface area (TPSA) is 44.0 Å². The van der Waals surface area contributed by atoms with Crippen molar-refractivity contribution in [3.05, 3.63) is 35.9 Å². The van der Waals surface area contributed by atoms with Crippen LogP contribution in [0.15, 0.2) is 30.3 Å². The first-order valence-corrected chi connectivity index (χ1v) is 4.57. The van der Waals surface area contributed by atoms with Gasteiger partial charge in [0, 0.05) is 0 Å². The third kappa shape index (κ3) is 3.30. The summed E-state index contributed by atoms with van der Waals surface area (Å²) in [5.74, 6) is -3.66. The second kappa shape index (κ2) is 4.85. The van der Waals surface area contributed by atoms with Gasteiger partial charge in [0.15, 0.2) is 0 Å². The summed E-state index contributed by atoms with van der Waals surface area (Å²) >= 11 is 0. The maximum atomic E-state index is 12.6. The molecule has 0 bridgehead atoms. The van der Waals surface area contributed by atoms with E-state index in [-0.39, 0.29) is 6.42 Å². The molecule has 0 aliphatic heterocycles. The van der Waals surface area contributed by atoms with Crippen LogP contribution in [0, 0.1) is 11.3 Å². The van der Waals surface area contributed by atoms with Crippen LogP contribution in [0.25, 0.3) is 0 Å². The van der Waals surface area contributed by atoms with Crippen molar-refractivity contribution in [1.82, 2.24) is 0 Å². The van der Waals surface area contributed by atoms with Crippen molar-refractivity contribution in [1.29, 1.82) is 5.26 Å². The Morgan fingerprint density at radius 1 is 1.33 bits per heavy atom. The highest BCUT2D eigenvalue weighted by Crippen LogP contribution is 2.21. The van der Waals surface area contributed by atoms with Crippen molar-refractivity contribution >= 4 is 0 Å². The standard InChI is InChI=1S/C11H11F2NO/c12-11(13,8-14)10(15)7-6-9-4-2-1-3-5-9/h1-5,10,15H,6-7H2. The average molecular weight is 211 g/mol. The monoisotopic (exact) mass is 211 g/mol. The molecule has 0 saturated carbocycles. The molecule has 0 fully saturated rings. The van der Waals surface area contributed by atoms with Crippen LogP contribution in [0.2, 0.25) is 0 Å². The second-order valence-corrected chi connectivity index (χ2v) is 3.27. The molecule has 1 unspecified atom stereocenters. The van der Waals surface area contributed by atoms with E-state index in [1.165, 1.54) is 0 Å². The Labute approximate surface area is 86.8 Å². The van der Waals surface area contributed by atoms with Gasteiger partial charge >= 0.3 is 5.92 Å². The third-order valence-electron chi connectivity index (χ3n) is 2.12. The first-order valence-electron chi connectivity index (χ1n) is 4.57. The molecule has 0 aliphatic rings. The molecule has 0 radical (unpaired) electrons. The zero-order valence-electron chi connectivity index (χ0n) is 8.03. The van der Waals surface area contributed by atoms with Crippen molar-refractivity contribution < 1.29 is 13.9 Å². The van der Waals surface area contributed by atoms with Crippen LogP contribution >= 0.6 is 0 Å². The van der Waals surface area contributed by atoms with Crippen molar-refractivity contribution in [2.24, 2.45) is 0 Å². The molecular formula is C11H11F2NO. The number of nitrogens with zero attached hydrogens (tertiary/aromatic N) is 1. The normalized spacial score (nSPS) is 13.2. The number of aliphatic hydroxyl groups is 1. The molecule has 1 aromatic rings. The van der Waals surface area contributed by atoms with Crippen molar-refractivity contribution in [3.8, 4) is 6.07 Å². The quantitative estimate of drug-likeness (QED) is 0.829. The molecule has 1 aromatic carbocycles. The van der Waals surface area contributed by atoms with Gasteiger partial charge < -0.3 is 5.11 Å². The molecule has 0 aromatic heterocycles. The summed E-state index contributed by atoms with van der Waals surface area (Å²) in [7, 11) is 0. The zero-order chi connectivity index (χ0) is 11.3. The molecule has 0 heterocycles. The van der Waals surface area contributed by atoms with Gasteiger partial charge in [-0.25, -0.2) is 0 Å². The highest BCUT2D eigenvalue weighted by atomic mass is 19.3. The summed E-state index contributed by atoms with van der Waals surface area (Å²) < 4.78 is 25.3. The minimum absolute atomic E-state index is 0.120. The van der Waals surface area contributed by atoms with Crippen molar-refractivity contribution in [2.75, 3.05) is 0 Å². The summed E-state index contributed by atoms with van der Waals surface area (Å²) in [5.41, 5.74) is 0.866. The molecule has 0 spiro atoms. The van der Waals surface area contributed by atoms with Gasteiger partial charge in [0.2, 0.25) is 0 Å². The van der Waals surface area contributed by atoms with Crippen molar-refractivity contribution in [2.45, 2.75) is 24.9 Å². The first kappa shape index (κ1) is 11.6. The van der Waals surface area contributed by atoms with E-state index in [0.717, 1.165) is 11.6 Å². The fraction of sp³-hybridized carbons (Fsp3) is 0.364. The van der Waals surface area contributed by atoms with Crippen molar-refractivity contribution in [3.63, 3.8) is 0 Å². The number of hydrogen-bond donors (Lipinski definition) is 1. The van der Waals surface area contributed by atoms with E-state index in [0.29, 0.717) is 6.42 Å². The lowest BCUT2D eigenvalue weighted by atomic mass is 10.0. The number of halogens is 2. The summed E-state index contributed by atoms with van der Waals surface area (Å²) in [6.45, 7) is 0. The predicted octanol–water partition coefficient (Wildman–Crippen LogP) is 2.14. The Morgan fingerprint density at radius 2 is 1.93 bits per heavy atom. The molecule has 1 rings (SSSR count). The van der Waals surface area contributed by atoms with Crippen LogP contribution in [0.1, 0.15) is 12.0 Å². The Hall–Kier alpha value is -1.47. The SMILES string of the molecule is N#CC(F)(F)C(O)CCc1ccccc1. The lowest BCUT2D eigenvalue weighted by molar-refractivity contribution is -0.0660. The highest BCUT2D eigenvalue weighted by Gasteiger charge is 2.37. The summed E-state index contributed by atoms with van der Waals surface area (Å²) in [4.78, 5) is 0. The fourth-order valence-electron chi connectivity index (χ4n) is 1.20. The number of alkyl halides is 2. The molecule has 2 nitrogen and oxygen atoms in total. The number of hydrogen-bond acceptors (Lipinski definition) is 2. The zero-order valence-corrected chi connectivity index (χ0v) is 8.03. The first-order chi connectivity index (χ1) is 7.06. The molecule has 0 aliphatic carbocycles. The minimum Gasteiger partial charge on any atom is -0.386 e. The Bertz CT molecular complexity index is 345. The number of aliphatic hydroxyl groups excluding tert-OH is 1. The van der Waals surface area contributed by atoms with Gasteiger partial charge in [-0.05, 0) is 18.4 Å². The molecule has 0 saturated heterocycles. The maximum Gasteiger partial charge on any atom is 0.357 e. The number of aryl methyl sites for hydroxylation is 1. The van der Waals surface area contributed by atoms with E-state index in [4.69, 9.17) is 10.4 Å². The smallest absolute Gasteiger partial charge is 0.357 e. The van der Waals surface area contributed by atoms with Crippen LogP contribution < -0.4 is 0 Å². The molecular weight excluding hydrogens is 200 g/mol. The molecule has 0 amide bonds. The van der Waals surface area contributed by atoms with Gasteiger partial charge in [-0.3, -0.25) is 0 Å². The second-order valence-electron chi connectivity index (χ2n) is 3.27. The highest BCUT2D eigenvalue weighted by molar-refractivity contribution is 5.15. The van der Waals surface area contributed by atoms with E-state index in [1.807, 2.05) is 6.07 Å². The van der Waals surface area contributed by atoms with Gasteiger partial charge in [-0.1, -0.05) is 30.3 Å². The van der Waals surface area contributed by atoms with Gasteiger partial charge in [-0.15, -0.1) is 0 Å². The largest absolute Gasteiger partial charge is 0.386 e.